The number of guanidine groups is 1. The fraction of sp³-hybridized carbons (Fsp3) is 0.333. The quantitative estimate of drug-likeness (QED) is 0.489. The molecule has 1 amide bonds. The first-order valence-corrected chi connectivity index (χ1v) is 9.25. The third-order valence-electron chi connectivity index (χ3n) is 4.33. The van der Waals surface area contributed by atoms with Gasteiger partial charge < -0.3 is 16.0 Å². The zero-order chi connectivity index (χ0) is 21.3. The zero-order valence-corrected chi connectivity index (χ0v) is 16.4. The van der Waals surface area contributed by atoms with Crippen molar-refractivity contribution in [3.05, 3.63) is 70.8 Å². The Morgan fingerprint density at radius 2 is 1.59 bits per heavy atom. The number of benzene rings is 2. The first-order chi connectivity index (χ1) is 13.8. The summed E-state index contributed by atoms with van der Waals surface area (Å²) in [5, 5.41) is 8.93. The predicted octanol–water partition coefficient (Wildman–Crippen LogP) is 3.02. The van der Waals surface area contributed by atoms with Gasteiger partial charge in [0, 0.05) is 32.7 Å². The molecule has 2 rings (SSSR count). The van der Waals surface area contributed by atoms with E-state index in [1.165, 1.54) is 12.1 Å². The highest BCUT2D eigenvalue weighted by atomic mass is 19.4. The second-order valence-corrected chi connectivity index (χ2v) is 6.40. The van der Waals surface area contributed by atoms with E-state index in [9.17, 15) is 18.0 Å². The molecule has 0 aliphatic heterocycles. The Kier molecular flexibility index (Phi) is 8.06. The lowest BCUT2D eigenvalue weighted by Crippen LogP contribution is -2.39. The first kappa shape index (κ1) is 22.3. The molecule has 5 nitrogen and oxygen atoms in total. The van der Waals surface area contributed by atoms with E-state index in [2.05, 4.69) is 20.9 Å². The smallest absolute Gasteiger partial charge is 0.356 e. The largest absolute Gasteiger partial charge is 0.416 e. The maximum Gasteiger partial charge on any atom is 0.416 e. The highest BCUT2D eigenvalue weighted by Gasteiger charge is 2.29. The number of hydrogen-bond acceptors (Lipinski definition) is 2. The van der Waals surface area contributed by atoms with Crippen LogP contribution in [-0.4, -0.2) is 39.1 Å². The van der Waals surface area contributed by atoms with Crippen LogP contribution in [0, 0.1) is 0 Å². The number of alkyl halides is 3. The molecule has 0 spiro atoms. The van der Waals surface area contributed by atoms with Gasteiger partial charge >= 0.3 is 6.18 Å². The molecule has 29 heavy (non-hydrogen) atoms. The summed E-state index contributed by atoms with van der Waals surface area (Å²) in [4.78, 5) is 15.8. The molecule has 0 fully saturated rings. The number of nitrogens with one attached hydrogen (secondary N) is 3. The highest BCUT2D eigenvalue weighted by Crippen LogP contribution is 2.29. The molecular formula is C21H25F3N4O. The van der Waals surface area contributed by atoms with Gasteiger partial charge in [0.1, 0.15) is 0 Å². The third-order valence-corrected chi connectivity index (χ3v) is 4.33. The molecule has 0 atom stereocenters. The molecule has 0 heterocycles. The summed E-state index contributed by atoms with van der Waals surface area (Å²) < 4.78 is 37.8. The normalized spacial score (nSPS) is 11.8. The van der Waals surface area contributed by atoms with E-state index < -0.39 is 11.7 Å². The van der Waals surface area contributed by atoms with Crippen LogP contribution in [0.25, 0.3) is 0 Å². The van der Waals surface area contributed by atoms with Gasteiger partial charge in [-0.1, -0.05) is 24.3 Å². The SMILES string of the molecule is CN=C(NCCc1ccc(C(F)(F)F)cc1)NCCc1cccc(C(=O)NC)c1. The molecule has 0 aromatic heterocycles. The summed E-state index contributed by atoms with van der Waals surface area (Å²) in [6.45, 7) is 1.16. The summed E-state index contributed by atoms with van der Waals surface area (Å²) >= 11 is 0. The Labute approximate surface area is 168 Å². The highest BCUT2D eigenvalue weighted by molar-refractivity contribution is 5.94. The van der Waals surface area contributed by atoms with E-state index in [1.807, 2.05) is 18.2 Å². The van der Waals surface area contributed by atoms with E-state index in [4.69, 9.17) is 0 Å². The minimum atomic E-state index is -4.32. The van der Waals surface area contributed by atoms with E-state index in [0.717, 1.165) is 23.3 Å². The summed E-state index contributed by atoms with van der Waals surface area (Å²) in [6.07, 6.45) is -3.03. The van der Waals surface area contributed by atoms with Gasteiger partial charge in [-0.2, -0.15) is 13.2 Å². The Hall–Kier alpha value is -3.03. The monoisotopic (exact) mass is 406 g/mol. The predicted molar refractivity (Wildman–Crippen MR) is 108 cm³/mol. The topological polar surface area (TPSA) is 65.5 Å². The van der Waals surface area contributed by atoms with Crippen LogP contribution in [0.1, 0.15) is 27.0 Å². The molecule has 0 saturated carbocycles. The van der Waals surface area contributed by atoms with Crippen molar-refractivity contribution in [1.82, 2.24) is 16.0 Å². The van der Waals surface area contributed by atoms with Crippen molar-refractivity contribution in [2.24, 2.45) is 4.99 Å². The molecule has 156 valence electrons. The molecule has 2 aromatic carbocycles. The maximum absolute atomic E-state index is 12.6. The van der Waals surface area contributed by atoms with Crippen LogP contribution in [-0.2, 0) is 19.0 Å². The number of amides is 1. The second-order valence-electron chi connectivity index (χ2n) is 6.40. The van der Waals surface area contributed by atoms with Crippen molar-refractivity contribution in [2.45, 2.75) is 19.0 Å². The molecule has 8 heteroatoms. The van der Waals surface area contributed by atoms with Gasteiger partial charge in [-0.25, -0.2) is 0 Å². The van der Waals surface area contributed by atoms with Crippen molar-refractivity contribution in [2.75, 3.05) is 27.2 Å². The van der Waals surface area contributed by atoms with Crippen molar-refractivity contribution in [1.29, 1.82) is 0 Å². The molecule has 0 saturated heterocycles. The average molecular weight is 406 g/mol. The van der Waals surface area contributed by atoms with Crippen molar-refractivity contribution in [3.63, 3.8) is 0 Å². The van der Waals surface area contributed by atoms with Gasteiger partial charge in [-0.15, -0.1) is 0 Å². The van der Waals surface area contributed by atoms with Crippen LogP contribution in [0.4, 0.5) is 13.2 Å². The van der Waals surface area contributed by atoms with Crippen molar-refractivity contribution < 1.29 is 18.0 Å². The van der Waals surface area contributed by atoms with Crippen LogP contribution in [0.15, 0.2) is 53.5 Å². The lowest BCUT2D eigenvalue weighted by molar-refractivity contribution is -0.137. The maximum atomic E-state index is 12.6. The Morgan fingerprint density at radius 3 is 2.14 bits per heavy atom. The number of rotatable bonds is 7. The van der Waals surface area contributed by atoms with Gasteiger partial charge in [-0.05, 0) is 48.2 Å². The van der Waals surface area contributed by atoms with Gasteiger partial charge in [0.2, 0.25) is 0 Å². The van der Waals surface area contributed by atoms with Gasteiger partial charge in [0.25, 0.3) is 5.91 Å². The fourth-order valence-electron chi connectivity index (χ4n) is 2.74. The lowest BCUT2D eigenvalue weighted by Gasteiger charge is -2.12. The Balaban J connectivity index is 1.76. The molecule has 2 aromatic rings. The standard InChI is InChI=1S/C21H25F3N4O/c1-25-19(29)17-5-3-4-16(14-17)11-13-28-20(26-2)27-12-10-15-6-8-18(9-7-15)21(22,23)24/h3-9,14H,10-13H2,1-2H3,(H,25,29)(H2,26,27,28). The average Bonchev–Trinajstić information content (AvgIpc) is 2.72. The number of carbonyl (C=O) groups excluding carboxylic acids is 1. The van der Waals surface area contributed by atoms with Crippen LogP contribution in [0.5, 0.6) is 0 Å². The molecule has 0 radical (unpaired) electrons. The van der Waals surface area contributed by atoms with Crippen molar-refractivity contribution >= 4 is 11.9 Å². The van der Waals surface area contributed by atoms with Crippen LogP contribution in [0.3, 0.4) is 0 Å². The van der Waals surface area contributed by atoms with E-state index in [1.54, 1.807) is 20.2 Å². The summed E-state index contributed by atoms with van der Waals surface area (Å²) in [5.74, 6) is 0.486. The molecule has 0 unspecified atom stereocenters. The first-order valence-electron chi connectivity index (χ1n) is 9.25. The zero-order valence-electron chi connectivity index (χ0n) is 16.4. The number of halogens is 3. The van der Waals surface area contributed by atoms with Crippen molar-refractivity contribution in [3.8, 4) is 0 Å². The minimum absolute atomic E-state index is 0.124. The lowest BCUT2D eigenvalue weighted by atomic mass is 10.1. The van der Waals surface area contributed by atoms with Crippen LogP contribution < -0.4 is 16.0 Å². The van der Waals surface area contributed by atoms with E-state index >= 15 is 0 Å². The van der Waals surface area contributed by atoms with Gasteiger partial charge in [0.15, 0.2) is 5.96 Å². The summed E-state index contributed by atoms with van der Waals surface area (Å²) in [6, 6.07) is 12.6. The molecule has 0 bridgehead atoms. The number of aliphatic imine (C=N–C) groups is 1. The van der Waals surface area contributed by atoms with E-state index in [-0.39, 0.29) is 5.91 Å². The number of carbonyl (C=O) groups is 1. The summed E-state index contributed by atoms with van der Waals surface area (Å²) in [5.41, 5.74) is 1.81. The summed E-state index contributed by atoms with van der Waals surface area (Å²) in [7, 11) is 3.25. The molecular weight excluding hydrogens is 381 g/mol. The van der Waals surface area contributed by atoms with Gasteiger partial charge in [-0.3, -0.25) is 9.79 Å². The van der Waals surface area contributed by atoms with Gasteiger partial charge in [0.05, 0.1) is 5.56 Å². The van der Waals surface area contributed by atoms with E-state index in [0.29, 0.717) is 37.5 Å². The van der Waals surface area contributed by atoms with Crippen LogP contribution >= 0.6 is 0 Å². The molecule has 3 N–H and O–H groups in total. The number of nitrogens with zero attached hydrogens (tertiary/aromatic N) is 1. The third kappa shape index (κ3) is 7.14. The minimum Gasteiger partial charge on any atom is -0.356 e. The Bertz CT molecular complexity index is 833. The Morgan fingerprint density at radius 1 is 0.966 bits per heavy atom. The van der Waals surface area contributed by atoms with Crippen LogP contribution in [0.2, 0.25) is 0 Å². The second kappa shape index (κ2) is 10.5. The fourth-order valence-corrected chi connectivity index (χ4v) is 2.74. The molecule has 0 aliphatic rings. The number of hydrogen-bond donors (Lipinski definition) is 3. The molecule has 0 aliphatic carbocycles.